The number of rotatable bonds is 11. The summed E-state index contributed by atoms with van der Waals surface area (Å²) < 4.78 is 0. The number of hydrogen-bond donors (Lipinski definition) is 6. The number of hydrogen-bond acceptors (Lipinski definition) is 6. The normalized spacial score (nSPS) is 13.9. The van der Waals surface area contributed by atoms with Crippen molar-refractivity contribution in [2.75, 3.05) is 6.61 Å². The Morgan fingerprint density at radius 1 is 0.963 bits per heavy atom. The van der Waals surface area contributed by atoms with Gasteiger partial charge < -0.3 is 31.7 Å². The zero-order valence-electron chi connectivity index (χ0n) is 14.5. The third kappa shape index (κ3) is 7.84. The Morgan fingerprint density at radius 3 is 2.07 bits per heavy atom. The van der Waals surface area contributed by atoms with E-state index in [4.69, 9.17) is 21.1 Å². The molecule has 0 aromatic heterocycles. The maximum atomic E-state index is 12.3. The van der Waals surface area contributed by atoms with Crippen LogP contribution in [0.1, 0.15) is 18.4 Å². The molecule has 0 bridgehead atoms. The third-order valence-electron chi connectivity index (χ3n) is 3.71. The van der Waals surface area contributed by atoms with Gasteiger partial charge in [0.05, 0.1) is 12.6 Å². The zero-order valence-corrected chi connectivity index (χ0v) is 14.5. The van der Waals surface area contributed by atoms with E-state index in [1.54, 1.807) is 30.3 Å². The number of aliphatic carboxylic acids is 2. The van der Waals surface area contributed by atoms with E-state index in [9.17, 15) is 19.2 Å². The predicted molar refractivity (Wildman–Crippen MR) is 93.6 cm³/mol. The van der Waals surface area contributed by atoms with Gasteiger partial charge in [-0.25, -0.2) is 4.79 Å². The molecule has 0 fully saturated rings. The molecule has 1 aromatic rings. The molecule has 10 nitrogen and oxygen atoms in total. The molecule has 0 aliphatic carbocycles. The van der Waals surface area contributed by atoms with Crippen molar-refractivity contribution in [3.8, 4) is 0 Å². The van der Waals surface area contributed by atoms with Gasteiger partial charge in [0, 0.05) is 6.42 Å². The molecule has 1 aromatic carbocycles. The van der Waals surface area contributed by atoms with Crippen LogP contribution in [-0.2, 0) is 25.6 Å². The Morgan fingerprint density at radius 2 is 1.56 bits per heavy atom. The summed E-state index contributed by atoms with van der Waals surface area (Å²) in [6, 6.07) is 5.07. The molecule has 0 unspecified atom stereocenters. The lowest BCUT2D eigenvalue weighted by Gasteiger charge is -2.22. The average molecular weight is 381 g/mol. The van der Waals surface area contributed by atoms with Gasteiger partial charge >= 0.3 is 11.9 Å². The molecule has 0 saturated carbocycles. The van der Waals surface area contributed by atoms with E-state index in [-0.39, 0.29) is 12.8 Å². The highest BCUT2D eigenvalue weighted by atomic mass is 16.4. The summed E-state index contributed by atoms with van der Waals surface area (Å²) in [5, 5.41) is 31.1. The molecular formula is C17H23N3O7. The van der Waals surface area contributed by atoms with Crippen LogP contribution in [0.5, 0.6) is 0 Å². The Bertz CT molecular complexity index is 666. The lowest BCUT2D eigenvalue weighted by Crippen LogP contribution is -2.55. The topological polar surface area (TPSA) is 179 Å². The van der Waals surface area contributed by atoms with Crippen LogP contribution < -0.4 is 16.4 Å². The summed E-state index contributed by atoms with van der Waals surface area (Å²) in [6.07, 6.45) is -0.486. The standard InChI is InChI=1S/C17H23N3O7/c18-11(8-10-4-2-1-3-5-10)15(24)19-12(6-7-14(22)23)16(25)20-13(9-21)17(26)27/h1-5,11-13,21H,6-9,18H2,(H,19,24)(H,20,25)(H,22,23)(H,26,27)/t11-,12-,13-/m0/s1. The number of carboxylic acid groups (broad SMARTS) is 2. The van der Waals surface area contributed by atoms with Gasteiger partial charge in [0.1, 0.15) is 12.1 Å². The van der Waals surface area contributed by atoms with Crippen LogP contribution >= 0.6 is 0 Å². The van der Waals surface area contributed by atoms with E-state index in [1.807, 2.05) is 5.32 Å². The molecule has 7 N–H and O–H groups in total. The Hall–Kier alpha value is -2.98. The molecule has 0 heterocycles. The van der Waals surface area contributed by atoms with Crippen molar-refractivity contribution in [3.63, 3.8) is 0 Å². The highest BCUT2D eigenvalue weighted by molar-refractivity contribution is 5.92. The first-order valence-corrected chi connectivity index (χ1v) is 8.20. The number of aliphatic hydroxyl groups is 1. The molecule has 0 spiro atoms. The number of nitrogens with one attached hydrogen (secondary N) is 2. The smallest absolute Gasteiger partial charge is 0.328 e. The van der Waals surface area contributed by atoms with Crippen molar-refractivity contribution in [1.82, 2.24) is 10.6 Å². The maximum Gasteiger partial charge on any atom is 0.328 e. The number of amides is 2. The molecule has 0 radical (unpaired) electrons. The molecule has 0 aliphatic heterocycles. The summed E-state index contributed by atoms with van der Waals surface area (Å²) >= 11 is 0. The minimum atomic E-state index is -1.57. The zero-order chi connectivity index (χ0) is 20.4. The maximum absolute atomic E-state index is 12.3. The first-order chi connectivity index (χ1) is 12.7. The Kier molecular flexibility index (Phi) is 8.90. The van der Waals surface area contributed by atoms with Crippen LogP contribution in [0.25, 0.3) is 0 Å². The van der Waals surface area contributed by atoms with Crippen LogP contribution in [0, 0.1) is 0 Å². The lowest BCUT2D eigenvalue weighted by molar-refractivity contribution is -0.144. The van der Waals surface area contributed by atoms with Crippen LogP contribution in [-0.4, -0.2) is 63.8 Å². The highest BCUT2D eigenvalue weighted by Gasteiger charge is 2.28. The van der Waals surface area contributed by atoms with Gasteiger partial charge in [0.2, 0.25) is 11.8 Å². The van der Waals surface area contributed by atoms with Crippen LogP contribution in [0.4, 0.5) is 0 Å². The molecule has 27 heavy (non-hydrogen) atoms. The van der Waals surface area contributed by atoms with Crippen molar-refractivity contribution in [2.24, 2.45) is 5.73 Å². The van der Waals surface area contributed by atoms with Gasteiger partial charge in [-0.1, -0.05) is 30.3 Å². The van der Waals surface area contributed by atoms with E-state index in [0.29, 0.717) is 0 Å². The molecule has 0 aliphatic rings. The van der Waals surface area contributed by atoms with Gasteiger partial charge in [-0.15, -0.1) is 0 Å². The second-order valence-corrected chi connectivity index (χ2v) is 5.87. The van der Waals surface area contributed by atoms with Crippen molar-refractivity contribution in [1.29, 1.82) is 0 Å². The quantitative estimate of drug-likeness (QED) is 0.267. The fourth-order valence-electron chi connectivity index (χ4n) is 2.23. The SMILES string of the molecule is N[C@@H](Cc1ccccc1)C(=O)N[C@@H](CCC(=O)O)C(=O)N[C@@H](CO)C(=O)O. The molecule has 10 heteroatoms. The van der Waals surface area contributed by atoms with E-state index < -0.39 is 54.9 Å². The lowest BCUT2D eigenvalue weighted by atomic mass is 10.0. The Balaban J connectivity index is 2.77. The number of aliphatic hydroxyl groups excluding tert-OH is 1. The van der Waals surface area contributed by atoms with Gasteiger partial charge in [0.15, 0.2) is 0 Å². The third-order valence-corrected chi connectivity index (χ3v) is 3.71. The number of carbonyl (C=O) groups is 4. The van der Waals surface area contributed by atoms with E-state index in [1.165, 1.54) is 0 Å². The molecule has 1 rings (SSSR count). The number of benzene rings is 1. The first-order valence-electron chi connectivity index (χ1n) is 8.20. The van der Waals surface area contributed by atoms with Gasteiger partial charge in [-0.3, -0.25) is 14.4 Å². The summed E-state index contributed by atoms with van der Waals surface area (Å²) in [5.41, 5.74) is 6.64. The average Bonchev–Trinajstić information content (AvgIpc) is 2.62. The monoisotopic (exact) mass is 381 g/mol. The van der Waals surface area contributed by atoms with Crippen LogP contribution in [0.15, 0.2) is 30.3 Å². The minimum Gasteiger partial charge on any atom is -0.481 e. The van der Waals surface area contributed by atoms with Gasteiger partial charge in [-0.05, 0) is 18.4 Å². The second kappa shape index (κ2) is 10.9. The molecular weight excluding hydrogens is 358 g/mol. The van der Waals surface area contributed by atoms with Crippen molar-refractivity contribution < 1.29 is 34.5 Å². The van der Waals surface area contributed by atoms with E-state index in [0.717, 1.165) is 5.56 Å². The van der Waals surface area contributed by atoms with Crippen LogP contribution in [0.3, 0.4) is 0 Å². The summed E-state index contributed by atoms with van der Waals surface area (Å²) in [5.74, 6) is -4.25. The molecule has 2 amide bonds. The van der Waals surface area contributed by atoms with E-state index >= 15 is 0 Å². The van der Waals surface area contributed by atoms with Crippen molar-refractivity contribution in [3.05, 3.63) is 35.9 Å². The van der Waals surface area contributed by atoms with Crippen LogP contribution in [0.2, 0.25) is 0 Å². The van der Waals surface area contributed by atoms with Crippen molar-refractivity contribution in [2.45, 2.75) is 37.4 Å². The summed E-state index contributed by atoms with van der Waals surface area (Å²) in [7, 11) is 0. The van der Waals surface area contributed by atoms with Gasteiger partial charge in [0.25, 0.3) is 0 Å². The Labute approximate surface area is 155 Å². The highest BCUT2D eigenvalue weighted by Crippen LogP contribution is 2.04. The number of carbonyl (C=O) groups excluding carboxylic acids is 2. The number of carboxylic acids is 2. The molecule has 3 atom stereocenters. The predicted octanol–water partition coefficient (Wildman–Crippen LogP) is -1.53. The molecule has 148 valence electrons. The van der Waals surface area contributed by atoms with Crippen molar-refractivity contribution >= 4 is 23.8 Å². The summed E-state index contributed by atoms with van der Waals surface area (Å²) in [6.45, 7) is -0.853. The fraction of sp³-hybridized carbons (Fsp3) is 0.412. The first kappa shape index (κ1) is 22.1. The number of nitrogens with two attached hydrogens (primary N) is 1. The van der Waals surface area contributed by atoms with Gasteiger partial charge in [-0.2, -0.15) is 0 Å². The molecule has 0 saturated heterocycles. The largest absolute Gasteiger partial charge is 0.481 e. The summed E-state index contributed by atoms with van der Waals surface area (Å²) in [4.78, 5) is 46.2. The minimum absolute atomic E-state index is 0.203. The van der Waals surface area contributed by atoms with E-state index in [2.05, 4.69) is 5.32 Å². The fourth-order valence-corrected chi connectivity index (χ4v) is 2.23. The second-order valence-electron chi connectivity index (χ2n) is 5.87.